The molecule has 1 aromatic heterocycles. The smallest absolute Gasteiger partial charge is 0.396 e. The molecule has 20 heavy (non-hydrogen) atoms. The lowest BCUT2D eigenvalue weighted by Gasteiger charge is -2.01. The fourth-order valence-corrected chi connectivity index (χ4v) is 2.08. The maximum Gasteiger partial charge on any atom is 0.396 e. The average molecular weight is 300 g/mol. The fourth-order valence-electron chi connectivity index (χ4n) is 1.34. The van der Waals surface area contributed by atoms with E-state index in [0.29, 0.717) is 0 Å². The molecule has 0 bridgehead atoms. The van der Waals surface area contributed by atoms with Crippen LogP contribution in [-0.2, 0) is 10.5 Å². The highest BCUT2D eigenvalue weighted by atomic mass is 32.2. The lowest BCUT2D eigenvalue weighted by atomic mass is 10.2. The van der Waals surface area contributed by atoms with Gasteiger partial charge < -0.3 is 9.15 Å². The first-order valence-electron chi connectivity index (χ1n) is 5.68. The minimum absolute atomic E-state index is 0.0803. The van der Waals surface area contributed by atoms with Gasteiger partial charge in [0.25, 0.3) is 5.22 Å². The van der Waals surface area contributed by atoms with Gasteiger partial charge in [-0.1, -0.05) is 29.0 Å². The van der Waals surface area contributed by atoms with Crippen LogP contribution in [0, 0.1) is 11.6 Å². The number of benzene rings is 1. The van der Waals surface area contributed by atoms with Crippen molar-refractivity contribution in [2.45, 2.75) is 17.9 Å². The van der Waals surface area contributed by atoms with Gasteiger partial charge in [-0.2, -0.15) is 0 Å². The van der Waals surface area contributed by atoms with Crippen molar-refractivity contribution in [1.29, 1.82) is 0 Å². The highest BCUT2D eigenvalue weighted by Gasteiger charge is 2.16. The molecule has 8 heteroatoms. The first kappa shape index (κ1) is 14.4. The number of halogens is 2. The topological polar surface area (TPSA) is 65.2 Å². The van der Waals surface area contributed by atoms with Crippen molar-refractivity contribution in [3.63, 3.8) is 0 Å². The van der Waals surface area contributed by atoms with E-state index < -0.39 is 17.6 Å². The molecular formula is C12H10F2N2O3S. The van der Waals surface area contributed by atoms with E-state index in [0.717, 1.165) is 17.8 Å². The molecular weight excluding hydrogens is 290 g/mol. The lowest BCUT2D eigenvalue weighted by Crippen LogP contribution is -2.04. The van der Waals surface area contributed by atoms with Gasteiger partial charge in [0, 0.05) is 11.3 Å². The second-order valence-corrected chi connectivity index (χ2v) is 4.52. The Morgan fingerprint density at radius 3 is 2.95 bits per heavy atom. The standard InChI is InChI=1S/C12H10F2N2O3S/c1-2-18-11(17)10-15-16-12(19-10)20-6-7-4-3-5-8(13)9(7)14/h3-5H,2,6H2,1H3. The monoisotopic (exact) mass is 300 g/mol. The highest BCUT2D eigenvalue weighted by Crippen LogP contribution is 2.24. The number of thioether (sulfide) groups is 1. The van der Waals surface area contributed by atoms with Crippen LogP contribution in [0.15, 0.2) is 27.8 Å². The maximum atomic E-state index is 13.4. The Labute approximate surface area is 117 Å². The molecule has 0 aliphatic rings. The molecule has 0 N–H and O–H groups in total. The van der Waals surface area contributed by atoms with Crippen molar-refractivity contribution in [3.8, 4) is 0 Å². The highest BCUT2D eigenvalue weighted by molar-refractivity contribution is 7.98. The summed E-state index contributed by atoms with van der Waals surface area (Å²) in [6.45, 7) is 1.84. The zero-order valence-electron chi connectivity index (χ0n) is 10.4. The second kappa shape index (κ2) is 6.47. The Balaban J connectivity index is 2.01. The Kier molecular flexibility index (Phi) is 4.67. The average Bonchev–Trinajstić information content (AvgIpc) is 2.90. The molecule has 2 rings (SSSR count). The lowest BCUT2D eigenvalue weighted by molar-refractivity contribution is 0.0475. The van der Waals surface area contributed by atoms with Crippen molar-refractivity contribution in [1.82, 2.24) is 10.2 Å². The van der Waals surface area contributed by atoms with E-state index in [4.69, 9.17) is 4.42 Å². The summed E-state index contributed by atoms with van der Waals surface area (Å²) in [5.74, 6) is -2.71. The molecule has 0 unspecified atom stereocenters. The van der Waals surface area contributed by atoms with Crippen LogP contribution in [0.1, 0.15) is 23.2 Å². The Bertz CT molecular complexity index is 618. The summed E-state index contributed by atoms with van der Waals surface area (Å²) in [5, 5.41) is 7.20. The minimum atomic E-state index is -0.916. The van der Waals surface area contributed by atoms with Crippen LogP contribution >= 0.6 is 11.8 Å². The molecule has 0 atom stereocenters. The number of carbonyl (C=O) groups is 1. The third kappa shape index (κ3) is 3.32. The molecule has 2 aromatic rings. The van der Waals surface area contributed by atoms with E-state index in [1.165, 1.54) is 12.1 Å². The normalized spacial score (nSPS) is 10.6. The molecule has 1 aromatic carbocycles. The first-order valence-corrected chi connectivity index (χ1v) is 6.66. The molecule has 0 amide bonds. The summed E-state index contributed by atoms with van der Waals surface area (Å²) in [7, 11) is 0. The van der Waals surface area contributed by atoms with Gasteiger partial charge in [0.1, 0.15) is 0 Å². The maximum absolute atomic E-state index is 13.4. The van der Waals surface area contributed by atoms with E-state index in [2.05, 4.69) is 14.9 Å². The van der Waals surface area contributed by atoms with Crippen LogP contribution in [0.3, 0.4) is 0 Å². The number of esters is 1. The van der Waals surface area contributed by atoms with E-state index in [9.17, 15) is 13.6 Å². The molecule has 5 nitrogen and oxygen atoms in total. The summed E-state index contributed by atoms with van der Waals surface area (Å²) >= 11 is 0.998. The van der Waals surface area contributed by atoms with E-state index >= 15 is 0 Å². The molecule has 0 saturated heterocycles. The molecule has 0 spiro atoms. The predicted octanol–water partition coefficient (Wildman–Crippen LogP) is 2.82. The fraction of sp³-hybridized carbons (Fsp3) is 0.250. The van der Waals surface area contributed by atoms with Gasteiger partial charge in [-0.15, -0.1) is 5.10 Å². The molecule has 0 aliphatic heterocycles. The number of carbonyl (C=O) groups excluding carboxylic acids is 1. The van der Waals surface area contributed by atoms with Crippen molar-refractivity contribution in [2.75, 3.05) is 6.61 Å². The largest absolute Gasteiger partial charge is 0.459 e. The summed E-state index contributed by atoms with van der Waals surface area (Å²) in [6, 6.07) is 3.90. The van der Waals surface area contributed by atoms with Gasteiger partial charge in [-0.25, -0.2) is 13.6 Å². The zero-order valence-corrected chi connectivity index (χ0v) is 11.2. The van der Waals surface area contributed by atoms with Gasteiger partial charge in [-0.3, -0.25) is 0 Å². The number of aromatic nitrogens is 2. The van der Waals surface area contributed by atoms with Crippen LogP contribution in [0.2, 0.25) is 0 Å². The van der Waals surface area contributed by atoms with Gasteiger partial charge in [0.05, 0.1) is 6.61 Å². The quantitative estimate of drug-likeness (QED) is 0.625. The number of ether oxygens (including phenoxy) is 1. The number of rotatable bonds is 5. The number of nitrogens with zero attached hydrogens (tertiary/aromatic N) is 2. The van der Waals surface area contributed by atoms with Crippen LogP contribution in [-0.4, -0.2) is 22.8 Å². The minimum Gasteiger partial charge on any atom is -0.459 e. The van der Waals surface area contributed by atoms with Gasteiger partial charge in [0.15, 0.2) is 11.6 Å². The van der Waals surface area contributed by atoms with E-state index in [-0.39, 0.29) is 29.0 Å². The van der Waals surface area contributed by atoms with Crippen molar-refractivity contribution in [2.24, 2.45) is 0 Å². The Morgan fingerprint density at radius 1 is 1.40 bits per heavy atom. The number of hydrogen-bond donors (Lipinski definition) is 0. The Hall–Kier alpha value is -1.96. The third-order valence-corrected chi connectivity index (χ3v) is 3.11. The molecule has 0 fully saturated rings. The van der Waals surface area contributed by atoms with Gasteiger partial charge in [-0.05, 0) is 13.0 Å². The van der Waals surface area contributed by atoms with Crippen molar-refractivity contribution in [3.05, 3.63) is 41.3 Å². The van der Waals surface area contributed by atoms with Crippen LogP contribution < -0.4 is 0 Å². The Morgan fingerprint density at radius 2 is 2.20 bits per heavy atom. The summed E-state index contributed by atoms with van der Waals surface area (Å²) in [6.07, 6.45) is 0. The van der Waals surface area contributed by atoms with E-state index in [1.54, 1.807) is 6.92 Å². The predicted molar refractivity (Wildman–Crippen MR) is 66.2 cm³/mol. The van der Waals surface area contributed by atoms with E-state index in [1.807, 2.05) is 0 Å². The molecule has 0 aliphatic carbocycles. The second-order valence-electron chi connectivity index (χ2n) is 3.60. The number of hydrogen-bond acceptors (Lipinski definition) is 6. The van der Waals surface area contributed by atoms with Crippen LogP contribution in [0.25, 0.3) is 0 Å². The zero-order chi connectivity index (χ0) is 14.5. The summed E-state index contributed by atoms with van der Waals surface area (Å²) in [5.41, 5.74) is 0.172. The first-order chi connectivity index (χ1) is 9.61. The summed E-state index contributed by atoms with van der Waals surface area (Å²) < 4.78 is 36.1. The van der Waals surface area contributed by atoms with Crippen LogP contribution in [0.4, 0.5) is 8.78 Å². The van der Waals surface area contributed by atoms with Gasteiger partial charge in [0.2, 0.25) is 0 Å². The van der Waals surface area contributed by atoms with Crippen molar-refractivity contribution >= 4 is 17.7 Å². The molecule has 1 heterocycles. The van der Waals surface area contributed by atoms with Gasteiger partial charge >= 0.3 is 11.9 Å². The van der Waals surface area contributed by atoms with Crippen LogP contribution in [0.5, 0.6) is 0 Å². The third-order valence-electron chi connectivity index (χ3n) is 2.24. The summed E-state index contributed by atoms with van der Waals surface area (Å²) in [4.78, 5) is 11.3. The molecule has 106 valence electrons. The molecule has 0 radical (unpaired) electrons. The van der Waals surface area contributed by atoms with Crippen molar-refractivity contribution < 1.29 is 22.7 Å². The SMILES string of the molecule is CCOC(=O)c1nnc(SCc2cccc(F)c2F)o1. The molecule has 0 saturated carbocycles.